The van der Waals surface area contributed by atoms with Gasteiger partial charge in [-0.15, -0.1) is 0 Å². The van der Waals surface area contributed by atoms with Crippen molar-refractivity contribution in [2.45, 2.75) is 46.9 Å². The number of rotatable bonds is 6. The van der Waals surface area contributed by atoms with Crippen LogP contribution in [0.2, 0.25) is 0 Å². The number of dihydropyridines is 1. The summed E-state index contributed by atoms with van der Waals surface area (Å²) in [6.07, 6.45) is 5.22. The van der Waals surface area contributed by atoms with Crippen molar-refractivity contribution >= 4 is 22.6 Å². The summed E-state index contributed by atoms with van der Waals surface area (Å²) in [6.45, 7) is 14.5. The Morgan fingerprint density at radius 2 is 1.87 bits per heavy atom. The zero-order valence-electron chi connectivity index (χ0n) is 23.9. The minimum absolute atomic E-state index is 0.160. The van der Waals surface area contributed by atoms with E-state index in [4.69, 9.17) is 4.98 Å². The first-order valence-corrected chi connectivity index (χ1v) is 13.8. The molecule has 1 unspecified atom stereocenters. The molecule has 3 N–H and O–H groups in total. The van der Waals surface area contributed by atoms with E-state index in [1.54, 1.807) is 0 Å². The third kappa shape index (κ3) is 5.44. The summed E-state index contributed by atoms with van der Waals surface area (Å²) in [5.74, 6) is 0.826. The summed E-state index contributed by atoms with van der Waals surface area (Å²) in [5, 5.41) is 17.6. The number of piperazine rings is 1. The number of benzene rings is 1. The molecule has 2 aliphatic heterocycles. The van der Waals surface area contributed by atoms with Crippen LogP contribution in [0.1, 0.15) is 49.7 Å². The highest BCUT2D eigenvalue weighted by Crippen LogP contribution is 2.33. The van der Waals surface area contributed by atoms with Crippen LogP contribution in [0.5, 0.6) is 0 Å². The van der Waals surface area contributed by atoms with Gasteiger partial charge in [-0.05, 0) is 88.7 Å². The highest BCUT2D eigenvalue weighted by atomic mass is 16.3. The second-order valence-electron chi connectivity index (χ2n) is 11.2. The molecule has 1 saturated heterocycles. The Kier molecular flexibility index (Phi) is 7.51. The lowest BCUT2D eigenvalue weighted by atomic mass is 9.98. The van der Waals surface area contributed by atoms with Crippen LogP contribution in [-0.4, -0.2) is 71.5 Å². The third-order valence-electron chi connectivity index (χ3n) is 7.91. The van der Waals surface area contributed by atoms with Gasteiger partial charge in [0.2, 0.25) is 0 Å². The smallest absolute Gasteiger partial charge is 0.252 e. The molecule has 2 aromatic heterocycles. The molecule has 5 rings (SSSR count). The number of nitrogens with one attached hydrogen (secondary N) is 2. The fraction of sp³-hybridized carbons (Fsp3) is 0.419. The van der Waals surface area contributed by atoms with Crippen LogP contribution >= 0.6 is 0 Å². The summed E-state index contributed by atoms with van der Waals surface area (Å²) in [7, 11) is 2.15. The quantitative estimate of drug-likeness (QED) is 0.444. The zero-order valence-corrected chi connectivity index (χ0v) is 23.9. The first-order chi connectivity index (χ1) is 18.6. The molecule has 0 radical (unpaired) electrons. The molecule has 2 aliphatic rings. The number of pyridine rings is 1. The molecule has 0 saturated carbocycles. The number of likely N-dealkylation sites (N-methyl/N-ethyl adjacent to an activating group) is 1. The summed E-state index contributed by atoms with van der Waals surface area (Å²) < 4.78 is 2.23. The lowest BCUT2D eigenvalue weighted by molar-refractivity contribution is 0.0954. The van der Waals surface area contributed by atoms with Crippen LogP contribution in [0.3, 0.4) is 0 Å². The van der Waals surface area contributed by atoms with Gasteiger partial charge in [-0.25, -0.2) is 4.98 Å². The topological polar surface area (TPSA) is 85.7 Å². The van der Waals surface area contributed by atoms with E-state index in [1.165, 1.54) is 0 Å². The van der Waals surface area contributed by atoms with Gasteiger partial charge in [-0.3, -0.25) is 4.79 Å². The van der Waals surface area contributed by atoms with E-state index in [0.717, 1.165) is 76.4 Å². The molecule has 0 spiro atoms. The third-order valence-corrected chi connectivity index (χ3v) is 7.91. The molecule has 0 bridgehead atoms. The SMILES string of the molecule is CC1=CC(C)=C(CNC(=O)c2cc(-c3ccc(N4CCN(C)CC4)nc3)cc3c2c(C)cn3C(C)C)C(O)N1. The number of aryl methyl sites for hydroxylation is 1. The van der Waals surface area contributed by atoms with Gasteiger partial charge in [0.25, 0.3) is 5.91 Å². The van der Waals surface area contributed by atoms with Gasteiger partial charge in [0.05, 0.1) is 0 Å². The van der Waals surface area contributed by atoms with Crippen molar-refractivity contribution in [2.24, 2.45) is 0 Å². The van der Waals surface area contributed by atoms with Crippen molar-refractivity contribution in [3.05, 3.63) is 70.7 Å². The van der Waals surface area contributed by atoms with Crippen LogP contribution in [0, 0.1) is 6.92 Å². The zero-order chi connectivity index (χ0) is 27.8. The fourth-order valence-corrected chi connectivity index (χ4v) is 5.62. The van der Waals surface area contributed by atoms with E-state index < -0.39 is 6.23 Å². The molecular formula is C31H40N6O2. The Hall–Kier alpha value is -3.62. The average molecular weight is 529 g/mol. The Balaban J connectivity index is 1.49. The van der Waals surface area contributed by atoms with Crippen LogP contribution in [0.15, 0.2) is 59.6 Å². The Bertz CT molecular complexity index is 1440. The van der Waals surface area contributed by atoms with Crippen molar-refractivity contribution in [2.75, 3.05) is 44.7 Å². The molecule has 4 heterocycles. The fourth-order valence-electron chi connectivity index (χ4n) is 5.62. The van der Waals surface area contributed by atoms with Gasteiger partial charge < -0.3 is 30.1 Å². The molecule has 39 heavy (non-hydrogen) atoms. The van der Waals surface area contributed by atoms with Gasteiger partial charge in [0.15, 0.2) is 0 Å². The summed E-state index contributed by atoms with van der Waals surface area (Å²) in [5.41, 5.74) is 7.29. The maximum atomic E-state index is 13.7. The van der Waals surface area contributed by atoms with E-state index >= 15 is 0 Å². The minimum Gasteiger partial charge on any atom is -0.370 e. The number of hydrogen-bond acceptors (Lipinski definition) is 6. The molecule has 1 amide bonds. The van der Waals surface area contributed by atoms with Crippen LogP contribution in [-0.2, 0) is 0 Å². The Labute approximate surface area is 231 Å². The largest absolute Gasteiger partial charge is 0.370 e. The maximum Gasteiger partial charge on any atom is 0.252 e. The minimum atomic E-state index is -0.810. The predicted molar refractivity (Wildman–Crippen MR) is 158 cm³/mol. The average Bonchev–Trinajstić information content (AvgIpc) is 3.24. The molecule has 1 aromatic carbocycles. The maximum absolute atomic E-state index is 13.7. The molecule has 3 aromatic rings. The lowest BCUT2D eigenvalue weighted by Gasteiger charge is -2.33. The normalized spacial score (nSPS) is 18.5. The molecule has 0 aliphatic carbocycles. The molecule has 8 heteroatoms. The highest BCUT2D eigenvalue weighted by molar-refractivity contribution is 6.09. The van der Waals surface area contributed by atoms with Crippen LogP contribution in [0.25, 0.3) is 22.0 Å². The van der Waals surface area contributed by atoms with Crippen LogP contribution < -0.4 is 15.5 Å². The van der Waals surface area contributed by atoms with Gasteiger partial charge in [0.1, 0.15) is 12.0 Å². The number of aliphatic hydroxyl groups is 1. The molecule has 1 atom stereocenters. The van der Waals surface area contributed by atoms with E-state index in [1.807, 2.05) is 32.2 Å². The number of nitrogens with zero attached hydrogens (tertiary/aromatic N) is 4. The van der Waals surface area contributed by atoms with Crippen molar-refractivity contribution in [3.63, 3.8) is 0 Å². The standard InChI is InChI=1S/C31H40N6O2/c1-19(2)37-18-21(4)29-25(30(38)33-17-26-20(3)13-22(5)34-31(26)39)14-24(15-27(29)37)23-7-8-28(32-16-23)36-11-9-35(6)10-12-36/h7-8,13-16,18-19,31,34,39H,9-12,17H2,1-6H3,(H,33,38). The van der Waals surface area contributed by atoms with Gasteiger partial charge in [-0.1, -0.05) is 0 Å². The first kappa shape index (κ1) is 27.0. The van der Waals surface area contributed by atoms with E-state index in [2.05, 4.69) is 77.2 Å². The molecular weight excluding hydrogens is 488 g/mol. The van der Waals surface area contributed by atoms with Gasteiger partial charge in [-0.2, -0.15) is 0 Å². The summed E-state index contributed by atoms with van der Waals surface area (Å²) >= 11 is 0. The van der Waals surface area contributed by atoms with Gasteiger partial charge >= 0.3 is 0 Å². The van der Waals surface area contributed by atoms with Gasteiger partial charge in [0, 0.05) is 84.5 Å². The van der Waals surface area contributed by atoms with E-state index in [0.29, 0.717) is 5.56 Å². The van der Waals surface area contributed by atoms with Crippen molar-refractivity contribution < 1.29 is 9.90 Å². The summed E-state index contributed by atoms with van der Waals surface area (Å²) in [6, 6.07) is 8.57. The summed E-state index contributed by atoms with van der Waals surface area (Å²) in [4.78, 5) is 23.1. The number of fused-ring (bicyclic) bond motifs is 1. The second kappa shape index (κ2) is 10.9. The Morgan fingerprint density at radius 3 is 2.51 bits per heavy atom. The number of carbonyl (C=O) groups is 1. The van der Waals surface area contributed by atoms with Crippen molar-refractivity contribution in [1.29, 1.82) is 0 Å². The number of hydrogen-bond donors (Lipinski definition) is 3. The molecule has 8 nitrogen and oxygen atoms in total. The predicted octanol–water partition coefficient (Wildman–Crippen LogP) is 4.22. The lowest BCUT2D eigenvalue weighted by Crippen LogP contribution is -2.44. The number of anilines is 1. The van der Waals surface area contributed by atoms with Crippen molar-refractivity contribution in [1.82, 2.24) is 25.1 Å². The Morgan fingerprint density at radius 1 is 1.13 bits per heavy atom. The number of carbonyl (C=O) groups excluding carboxylic acids is 1. The number of aromatic nitrogens is 2. The number of amides is 1. The van der Waals surface area contributed by atoms with Crippen molar-refractivity contribution in [3.8, 4) is 11.1 Å². The molecule has 206 valence electrons. The van der Waals surface area contributed by atoms with Crippen LogP contribution in [0.4, 0.5) is 5.82 Å². The first-order valence-electron chi connectivity index (χ1n) is 13.8. The number of aliphatic hydroxyl groups excluding tert-OH is 1. The second-order valence-corrected chi connectivity index (χ2v) is 11.2. The monoisotopic (exact) mass is 528 g/mol. The highest BCUT2D eigenvalue weighted by Gasteiger charge is 2.22. The van der Waals surface area contributed by atoms with E-state index in [-0.39, 0.29) is 18.5 Å². The number of allylic oxidation sites excluding steroid dienone is 3. The van der Waals surface area contributed by atoms with E-state index in [9.17, 15) is 9.90 Å². The molecule has 1 fully saturated rings.